The molecule has 1 aliphatic heterocycles. The third-order valence-corrected chi connectivity index (χ3v) is 4.79. The predicted molar refractivity (Wildman–Crippen MR) is 104 cm³/mol. The molecule has 0 aromatic heterocycles. The van der Waals surface area contributed by atoms with Gasteiger partial charge in [-0.2, -0.15) is 0 Å². The van der Waals surface area contributed by atoms with Crippen LogP contribution < -0.4 is 5.32 Å². The molecule has 5 nitrogen and oxygen atoms in total. The van der Waals surface area contributed by atoms with Crippen molar-refractivity contribution in [3.05, 3.63) is 64.1 Å². The van der Waals surface area contributed by atoms with Gasteiger partial charge in [-0.25, -0.2) is 0 Å². The van der Waals surface area contributed by atoms with Crippen LogP contribution in [0.5, 0.6) is 0 Å². The summed E-state index contributed by atoms with van der Waals surface area (Å²) in [6, 6.07) is 14.2. The van der Waals surface area contributed by atoms with Gasteiger partial charge in [0.2, 0.25) is 5.91 Å². The molecule has 2 aromatic rings. The molecular weight excluding hydrogens is 373 g/mol. The van der Waals surface area contributed by atoms with E-state index in [1.165, 1.54) is 0 Å². The Labute approximate surface area is 162 Å². The lowest BCUT2D eigenvalue weighted by Crippen LogP contribution is -2.50. The number of halogens is 2. The van der Waals surface area contributed by atoms with Crippen molar-refractivity contribution in [1.82, 2.24) is 9.80 Å². The minimum atomic E-state index is -0.111. The summed E-state index contributed by atoms with van der Waals surface area (Å²) in [5.41, 5.74) is 1.23. The number of carbonyl (C=O) groups excluding carboxylic acids is 2. The Bertz CT molecular complexity index is 791. The van der Waals surface area contributed by atoms with Gasteiger partial charge < -0.3 is 10.2 Å². The number of hydrogen-bond acceptors (Lipinski definition) is 3. The maximum absolute atomic E-state index is 12.6. The van der Waals surface area contributed by atoms with Gasteiger partial charge in [-0.05, 0) is 30.3 Å². The van der Waals surface area contributed by atoms with Gasteiger partial charge in [-0.15, -0.1) is 0 Å². The minimum Gasteiger partial charge on any atom is -0.336 e. The number of para-hydroxylation sites is 1. The van der Waals surface area contributed by atoms with Crippen molar-refractivity contribution >= 4 is 40.7 Å². The maximum atomic E-state index is 12.6. The lowest BCUT2D eigenvalue weighted by atomic mass is 10.1. The molecule has 0 spiro atoms. The van der Waals surface area contributed by atoms with Crippen LogP contribution in [-0.4, -0.2) is 54.3 Å². The number of rotatable bonds is 4. The normalized spacial score (nSPS) is 14.9. The first kappa shape index (κ1) is 18.7. The summed E-state index contributed by atoms with van der Waals surface area (Å²) in [6.45, 7) is 2.68. The van der Waals surface area contributed by atoms with Crippen LogP contribution in [0.3, 0.4) is 0 Å². The molecule has 0 aliphatic carbocycles. The number of carbonyl (C=O) groups is 2. The number of nitrogens with zero attached hydrogens (tertiary/aromatic N) is 2. The standard InChI is InChI=1S/C19H19Cl2N3O2/c20-14-6-7-16(17(21)12-14)19(26)24-10-8-23(9-11-24)13-18(25)22-15-4-2-1-3-5-15/h1-7,12H,8-11,13H2,(H,22,25). The number of piperazine rings is 1. The van der Waals surface area contributed by atoms with Gasteiger partial charge >= 0.3 is 0 Å². The summed E-state index contributed by atoms with van der Waals surface area (Å²) in [5.74, 6) is -0.170. The highest BCUT2D eigenvalue weighted by Gasteiger charge is 2.24. The monoisotopic (exact) mass is 391 g/mol. The lowest BCUT2D eigenvalue weighted by Gasteiger charge is -2.34. The van der Waals surface area contributed by atoms with Crippen LogP contribution in [0.25, 0.3) is 0 Å². The Morgan fingerprint density at radius 1 is 0.962 bits per heavy atom. The van der Waals surface area contributed by atoms with Gasteiger partial charge in [0, 0.05) is 36.9 Å². The molecule has 3 rings (SSSR count). The van der Waals surface area contributed by atoms with Crippen molar-refractivity contribution in [2.24, 2.45) is 0 Å². The summed E-state index contributed by atoms with van der Waals surface area (Å²) < 4.78 is 0. The van der Waals surface area contributed by atoms with Gasteiger partial charge in [0.25, 0.3) is 5.91 Å². The molecule has 1 aliphatic rings. The topological polar surface area (TPSA) is 52.7 Å². The lowest BCUT2D eigenvalue weighted by molar-refractivity contribution is -0.117. The van der Waals surface area contributed by atoms with E-state index in [-0.39, 0.29) is 11.8 Å². The second kappa shape index (κ2) is 8.54. The average molecular weight is 392 g/mol. The van der Waals surface area contributed by atoms with E-state index < -0.39 is 0 Å². The van der Waals surface area contributed by atoms with Crippen molar-refractivity contribution < 1.29 is 9.59 Å². The van der Waals surface area contributed by atoms with E-state index in [9.17, 15) is 9.59 Å². The summed E-state index contributed by atoms with van der Waals surface area (Å²) in [7, 11) is 0. The number of nitrogens with one attached hydrogen (secondary N) is 1. The van der Waals surface area contributed by atoms with Crippen molar-refractivity contribution in [1.29, 1.82) is 0 Å². The van der Waals surface area contributed by atoms with E-state index in [0.29, 0.717) is 48.3 Å². The van der Waals surface area contributed by atoms with Crippen LogP contribution in [0.4, 0.5) is 5.69 Å². The average Bonchev–Trinajstić information content (AvgIpc) is 2.62. The molecule has 0 saturated carbocycles. The highest BCUT2D eigenvalue weighted by Crippen LogP contribution is 2.22. The Hall–Kier alpha value is -2.08. The zero-order chi connectivity index (χ0) is 18.5. The van der Waals surface area contributed by atoms with E-state index in [2.05, 4.69) is 5.32 Å². The molecule has 1 saturated heterocycles. The zero-order valence-corrected chi connectivity index (χ0v) is 15.6. The molecule has 0 unspecified atom stereocenters. The van der Waals surface area contributed by atoms with Gasteiger partial charge in [-0.1, -0.05) is 41.4 Å². The second-order valence-electron chi connectivity index (χ2n) is 6.11. The van der Waals surface area contributed by atoms with E-state index in [1.807, 2.05) is 35.2 Å². The molecule has 2 amide bonds. The van der Waals surface area contributed by atoms with Gasteiger partial charge in [0.15, 0.2) is 0 Å². The summed E-state index contributed by atoms with van der Waals surface area (Å²) in [5, 5.41) is 3.73. The zero-order valence-electron chi connectivity index (χ0n) is 14.1. The third kappa shape index (κ3) is 4.75. The van der Waals surface area contributed by atoms with E-state index in [1.54, 1.807) is 23.1 Å². The first-order valence-corrected chi connectivity index (χ1v) is 9.10. The van der Waals surface area contributed by atoms with Crippen LogP contribution in [0, 0.1) is 0 Å². The van der Waals surface area contributed by atoms with Crippen LogP contribution in [0.1, 0.15) is 10.4 Å². The molecule has 1 heterocycles. The highest BCUT2D eigenvalue weighted by molar-refractivity contribution is 6.36. The summed E-state index contributed by atoms with van der Waals surface area (Å²) in [4.78, 5) is 28.5. The highest BCUT2D eigenvalue weighted by atomic mass is 35.5. The van der Waals surface area contributed by atoms with Crippen molar-refractivity contribution in [3.8, 4) is 0 Å². The van der Waals surface area contributed by atoms with Crippen LogP contribution in [0.2, 0.25) is 10.0 Å². The molecule has 0 bridgehead atoms. The van der Waals surface area contributed by atoms with Crippen molar-refractivity contribution in [3.63, 3.8) is 0 Å². The number of anilines is 1. The fourth-order valence-electron chi connectivity index (χ4n) is 2.87. The van der Waals surface area contributed by atoms with Gasteiger partial charge in [0.05, 0.1) is 17.1 Å². The SMILES string of the molecule is O=C(CN1CCN(C(=O)c2ccc(Cl)cc2Cl)CC1)Nc1ccccc1. The van der Waals surface area contributed by atoms with Crippen LogP contribution >= 0.6 is 23.2 Å². The molecule has 2 aromatic carbocycles. The van der Waals surface area contributed by atoms with Crippen LogP contribution in [0.15, 0.2) is 48.5 Å². The molecule has 7 heteroatoms. The first-order valence-electron chi connectivity index (χ1n) is 8.34. The van der Waals surface area contributed by atoms with Crippen molar-refractivity contribution in [2.75, 3.05) is 38.0 Å². The smallest absolute Gasteiger partial charge is 0.255 e. The largest absolute Gasteiger partial charge is 0.336 e. The van der Waals surface area contributed by atoms with Crippen LogP contribution in [-0.2, 0) is 4.79 Å². The Morgan fingerprint density at radius 2 is 1.65 bits per heavy atom. The molecule has 1 fully saturated rings. The summed E-state index contributed by atoms with van der Waals surface area (Å²) >= 11 is 12.0. The maximum Gasteiger partial charge on any atom is 0.255 e. The van der Waals surface area contributed by atoms with E-state index >= 15 is 0 Å². The Morgan fingerprint density at radius 3 is 2.31 bits per heavy atom. The van der Waals surface area contributed by atoms with Gasteiger partial charge in [-0.3, -0.25) is 14.5 Å². The molecule has 26 heavy (non-hydrogen) atoms. The number of amides is 2. The predicted octanol–water partition coefficient (Wildman–Crippen LogP) is 3.39. The van der Waals surface area contributed by atoms with Crippen molar-refractivity contribution in [2.45, 2.75) is 0 Å². The van der Waals surface area contributed by atoms with E-state index in [0.717, 1.165) is 5.69 Å². The number of hydrogen-bond donors (Lipinski definition) is 1. The summed E-state index contributed by atoms with van der Waals surface area (Å²) in [6.07, 6.45) is 0. The quantitative estimate of drug-likeness (QED) is 0.868. The molecule has 0 atom stereocenters. The first-order chi connectivity index (χ1) is 12.5. The fourth-order valence-corrected chi connectivity index (χ4v) is 3.36. The van der Waals surface area contributed by atoms with Gasteiger partial charge in [0.1, 0.15) is 0 Å². The van der Waals surface area contributed by atoms with E-state index in [4.69, 9.17) is 23.2 Å². The molecular formula is C19H19Cl2N3O2. The molecule has 0 radical (unpaired) electrons. The third-order valence-electron chi connectivity index (χ3n) is 4.25. The fraction of sp³-hybridized carbons (Fsp3) is 0.263. The Kier molecular flexibility index (Phi) is 6.14. The molecule has 136 valence electrons. The molecule has 1 N–H and O–H groups in total. The minimum absolute atomic E-state index is 0.0586. The second-order valence-corrected chi connectivity index (χ2v) is 6.95. The Balaban J connectivity index is 1.51. The number of benzene rings is 2.